The van der Waals surface area contributed by atoms with Crippen molar-refractivity contribution >= 4 is 5.97 Å². The molecule has 2 N–H and O–H groups in total. The smallest absolute Gasteiger partial charge is 0.374 e. The summed E-state index contributed by atoms with van der Waals surface area (Å²) in [7, 11) is 1.35. The van der Waals surface area contributed by atoms with Crippen LogP contribution in [0.4, 0.5) is 0 Å². The van der Waals surface area contributed by atoms with Gasteiger partial charge < -0.3 is 14.9 Å². The van der Waals surface area contributed by atoms with Crippen LogP contribution in [0.1, 0.15) is 29.5 Å². The van der Waals surface area contributed by atoms with Crippen LogP contribution in [0, 0.1) is 5.92 Å². The van der Waals surface area contributed by atoms with Crippen molar-refractivity contribution in [3.63, 3.8) is 0 Å². The van der Waals surface area contributed by atoms with E-state index in [1.807, 2.05) is 6.07 Å². The highest BCUT2D eigenvalue weighted by molar-refractivity contribution is 5.87. The van der Waals surface area contributed by atoms with Crippen molar-refractivity contribution in [2.45, 2.75) is 25.9 Å². The monoisotopic (exact) mass is 252 g/mol. The Morgan fingerprint density at radius 1 is 1.67 bits per heavy atom. The predicted octanol–water partition coefficient (Wildman–Crippen LogP) is 1.24. The molecule has 0 bridgehead atoms. The molecule has 2 heterocycles. The lowest BCUT2D eigenvalue weighted by molar-refractivity contribution is 0.0560. The van der Waals surface area contributed by atoms with E-state index in [-0.39, 0.29) is 6.04 Å². The second-order valence-electron chi connectivity index (χ2n) is 4.93. The number of rotatable bonds is 3. The van der Waals surface area contributed by atoms with Gasteiger partial charge in [0.15, 0.2) is 0 Å². The number of nitrogens with zero attached hydrogens (tertiary/aromatic N) is 1. The minimum atomic E-state index is -0.426. The summed E-state index contributed by atoms with van der Waals surface area (Å²) in [4.78, 5) is 13.7. The zero-order chi connectivity index (χ0) is 13.1. The minimum absolute atomic E-state index is 0.201. The van der Waals surface area contributed by atoms with Gasteiger partial charge in [-0.25, -0.2) is 4.79 Å². The number of hydrogen-bond acceptors (Lipinski definition) is 5. The average molecular weight is 252 g/mol. The quantitative estimate of drug-likeness (QED) is 0.820. The van der Waals surface area contributed by atoms with Gasteiger partial charge in [0.1, 0.15) is 0 Å². The molecule has 0 spiro atoms. The maximum Gasteiger partial charge on any atom is 0.374 e. The number of likely N-dealkylation sites (tertiary alicyclic amines) is 1. The van der Waals surface area contributed by atoms with Crippen LogP contribution in [0.3, 0.4) is 0 Å². The summed E-state index contributed by atoms with van der Waals surface area (Å²) in [6.07, 6.45) is 2.61. The highest BCUT2D eigenvalue weighted by Crippen LogP contribution is 2.20. The predicted molar refractivity (Wildman–Crippen MR) is 67.1 cm³/mol. The third-order valence-corrected chi connectivity index (χ3v) is 3.61. The minimum Gasteiger partial charge on any atom is -0.463 e. The number of piperidine rings is 1. The van der Waals surface area contributed by atoms with Gasteiger partial charge in [-0.15, -0.1) is 0 Å². The molecule has 2 unspecified atom stereocenters. The van der Waals surface area contributed by atoms with Gasteiger partial charge in [0.25, 0.3) is 0 Å². The number of nitrogens with two attached hydrogens (primary N) is 1. The largest absolute Gasteiger partial charge is 0.463 e. The lowest BCUT2D eigenvalue weighted by atomic mass is 9.94. The van der Waals surface area contributed by atoms with E-state index in [0.717, 1.165) is 25.1 Å². The van der Waals surface area contributed by atoms with Gasteiger partial charge >= 0.3 is 5.97 Å². The molecule has 1 aromatic rings. The molecular formula is C13H20N2O3. The molecule has 0 radical (unpaired) electrons. The van der Waals surface area contributed by atoms with Crippen LogP contribution in [0.5, 0.6) is 0 Å². The van der Waals surface area contributed by atoms with E-state index in [0.29, 0.717) is 18.2 Å². The number of ether oxygens (including phenoxy) is 1. The first-order chi connectivity index (χ1) is 8.61. The van der Waals surface area contributed by atoms with E-state index in [1.54, 1.807) is 0 Å². The van der Waals surface area contributed by atoms with Gasteiger partial charge in [0, 0.05) is 24.7 Å². The first-order valence-electron chi connectivity index (χ1n) is 6.24. The van der Waals surface area contributed by atoms with Crippen molar-refractivity contribution in [3.05, 3.63) is 23.7 Å². The summed E-state index contributed by atoms with van der Waals surface area (Å²) >= 11 is 0. The Morgan fingerprint density at radius 3 is 3.11 bits per heavy atom. The Morgan fingerprint density at radius 2 is 2.44 bits per heavy atom. The SMILES string of the molecule is COC(=O)c1occc1CN1CCC(C)C(N)C1. The van der Waals surface area contributed by atoms with Crippen LogP contribution in [0.25, 0.3) is 0 Å². The molecule has 2 atom stereocenters. The van der Waals surface area contributed by atoms with Crippen LogP contribution in [-0.4, -0.2) is 37.1 Å². The molecule has 1 fully saturated rings. The standard InChI is InChI=1S/C13H20N2O3/c1-9-3-5-15(8-11(9)14)7-10-4-6-18-12(10)13(16)17-2/h4,6,9,11H,3,5,7-8,14H2,1-2H3. The van der Waals surface area contributed by atoms with Crippen LogP contribution < -0.4 is 5.73 Å². The van der Waals surface area contributed by atoms with E-state index in [1.165, 1.54) is 13.4 Å². The van der Waals surface area contributed by atoms with Crippen molar-refractivity contribution in [2.24, 2.45) is 11.7 Å². The molecule has 1 aliphatic rings. The van der Waals surface area contributed by atoms with Crippen molar-refractivity contribution in [3.8, 4) is 0 Å². The fourth-order valence-electron chi connectivity index (χ4n) is 2.29. The van der Waals surface area contributed by atoms with Crippen molar-refractivity contribution in [1.82, 2.24) is 4.90 Å². The third kappa shape index (κ3) is 2.73. The molecule has 0 aliphatic carbocycles. The second-order valence-corrected chi connectivity index (χ2v) is 4.93. The zero-order valence-electron chi connectivity index (χ0n) is 10.9. The van der Waals surface area contributed by atoms with Crippen LogP contribution in [-0.2, 0) is 11.3 Å². The Kier molecular flexibility index (Phi) is 4.04. The summed E-state index contributed by atoms with van der Waals surface area (Å²) in [5, 5.41) is 0. The Labute approximate surface area is 107 Å². The van der Waals surface area contributed by atoms with Gasteiger partial charge in [-0.3, -0.25) is 4.90 Å². The molecule has 18 heavy (non-hydrogen) atoms. The summed E-state index contributed by atoms with van der Waals surface area (Å²) in [6, 6.07) is 2.02. The van der Waals surface area contributed by atoms with E-state index in [4.69, 9.17) is 10.2 Å². The number of esters is 1. The normalized spacial score (nSPS) is 25.1. The molecule has 0 aromatic carbocycles. The number of methoxy groups -OCH3 is 1. The highest BCUT2D eigenvalue weighted by Gasteiger charge is 2.25. The third-order valence-electron chi connectivity index (χ3n) is 3.61. The molecule has 100 valence electrons. The lowest BCUT2D eigenvalue weighted by Crippen LogP contribution is -2.47. The van der Waals surface area contributed by atoms with Crippen molar-refractivity contribution in [1.29, 1.82) is 0 Å². The second kappa shape index (κ2) is 5.54. The van der Waals surface area contributed by atoms with Crippen LogP contribution in [0.2, 0.25) is 0 Å². The van der Waals surface area contributed by atoms with Crippen molar-refractivity contribution < 1.29 is 13.9 Å². The molecule has 0 saturated carbocycles. The first-order valence-corrected chi connectivity index (χ1v) is 6.24. The summed E-state index contributed by atoms with van der Waals surface area (Å²) in [6.45, 7) is 4.72. The molecule has 5 nitrogen and oxygen atoms in total. The zero-order valence-corrected chi connectivity index (χ0v) is 10.9. The maximum absolute atomic E-state index is 11.5. The topological polar surface area (TPSA) is 68.7 Å². The van der Waals surface area contributed by atoms with Crippen molar-refractivity contribution in [2.75, 3.05) is 20.2 Å². The molecule has 1 saturated heterocycles. The number of carbonyl (C=O) groups is 1. The summed E-state index contributed by atoms with van der Waals surface area (Å²) in [5.74, 6) is 0.431. The molecule has 0 amide bonds. The first kappa shape index (κ1) is 13.1. The molecule has 5 heteroatoms. The molecule has 2 rings (SSSR count). The number of furan rings is 1. The summed E-state index contributed by atoms with van der Waals surface area (Å²) in [5.41, 5.74) is 6.93. The fourth-order valence-corrected chi connectivity index (χ4v) is 2.29. The Hall–Kier alpha value is -1.33. The van der Waals surface area contributed by atoms with Crippen LogP contribution >= 0.6 is 0 Å². The van der Waals surface area contributed by atoms with Gasteiger partial charge in [-0.2, -0.15) is 0 Å². The van der Waals surface area contributed by atoms with E-state index in [2.05, 4.69) is 16.6 Å². The van der Waals surface area contributed by atoms with E-state index in [9.17, 15) is 4.79 Å². The fraction of sp³-hybridized carbons (Fsp3) is 0.615. The van der Waals surface area contributed by atoms with Gasteiger partial charge in [0.2, 0.25) is 5.76 Å². The highest BCUT2D eigenvalue weighted by atomic mass is 16.5. The Bertz CT molecular complexity index is 416. The average Bonchev–Trinajstić information content (AvgIpc) is 2.81. The molecule has 1 aliphatic heterocycles. The van der Waals surface area contributed by atoms with Crippen LogP contribution in [0.15, 0.2) is 16.7 Å². The molecular weight excluding hydrogens is 232 g/mol. The van der Waals surface area contributed by atoms with Gasteiger partial charge in [-0.05, 0) is 24.9 Å². The van der Waals surface area contributed by atoms with Gasteiger partial charge in [-0.1, -0.05) is 6.92 Å². The van der Waals surface area contributed by atoms with E-state index >= 15 is 0 Å². The maximum atomic E-state index is 11.5. The van der Waals surface area contributed by atoms with E-state index < -0.39 is 5.97 Å². The van der Waals surface area contributed by atoms with Gasteiger partial charge in [0.05, 0.1) is 13.4 Å². The molecule has 1 aromatic heterocycles. The number of hydrogen-bond donors (Lipinski definition) is 1. The Balaban J connectivity index is 2.02. The summed E-state index contributed by atoms with van der Waals surface area (Å²) < 4.78 is 9.86. The number of carbonyl (C=O) groups excluding carboxylic acids is 1. The lowest BCUT2D eigenvalue weighted by Gasteiger charge is -2.34.